The third-order valence-electron chi connectivity index (χ3n) is 3.38. The second kappa shape index (κ2) is 4.60. The van der Waals surface area contributed by atoms with Crippen LogP contribution in [-0.2, 0) is 20.8 Å². The lowest BCUT2D eigenvalue weighted by Gasteiger charge is -2.26. The number of aliphatic hydroxyl groups is 2. The van der Waals surface area contributed by atoms with Crippen LogP contribution in [0.15, 0.2) is 30.3 Å². The molecule has 5 heteroatoms. The van der Waals surface area contributed by atoms with E-state index in [1.807, 2.05) is 30.3 Å². The van der Waals surface area contributed by atoms with E-state index in [9.17, 15) is 10.2 Å². The van der Waals surface area contributed by atoms with Gasteiger partial charge in [0.05, 0.1) is 13.2 Å². The van der Waals surface area contributed by atoms with Gasteiger partial charge in [-0.25, -0.2) is 0 Å². The molecule has 3 rings (SSSR count). The molecule has 0 aliphatic carbocycles. The summed E-state index contributed by atoms with van der Waals surface area (Å²) in [7, 11) is 0. The molecule has 2 aliphatic heterocycles. The second-order valence-electron chi connectivity index (χ2n) is 4.72. The van der Waals surface area contributed by atoms with Crippen LogP contribution in [0, 0.1) is 0 Å². The monoisotopic (exact) mass is 252 g/mol. The minimum atomic E-state index is -1.47. The van der Waals surface area contributed by atoms with Crippen molar-refractivity contribution in [2.45, 2.75) is 30.7 Å². The Bertz CT molecular complexity index is 409. The molecule has 2 saturated heterocycles. The highest BCUT2D eigenvalue weighted by Crippen LogP contribution is 2.35. The van der Waals surface area contributed by atoms with Crippen molar-refractivity contribution in [3.8, 4) is 0 Å². The molecule has 0 aromatic heterocycles. The largest absolute Gasteiger partial charge is 0.388 e. The van der Waals surface area contributed by atoms with E-state index in [0.717, 1.165) is 5.56 Å². The van der Waals surface area contributed by atoms with Crippen LogP contribution in [0.25, 0.3) is 0 Å². The van der Waals surface area contributed by atoms with Gasteiger partial charge < -0.3 is 24.4 Å². The van der Waals surface area contributed by atoms with Crippen molar-refractivity contribution >= 4 is 0 Å². The molecule has 98 valence electrons. The average Bonchev–Trinajstić information content (AvgIpc) is 2.92. The van der Waals surface area contributed by atoms with Crippen LogP contribution in [-0.4, -0.2) is 47.5 Å². The minimum Gasteiger partial charge on any atom is -0.388 e. The quantitative estimate of drug-likeness (QED) is 0.744. The molecule has 1 aromatic carbocycles. The van der Waals surface area contributed by atoms with Gasteiger partial charge in [0.2, 0.25) is 5.79 Å². The normalized spacial score (nSPS) is 38.9. The summed E-state index contributed by atoms with van der Waals surface area (Å²) in [4.78, 5) is 0. The summed E-state index contributed by atoms with van der Waals surface area (Å²) in [6.07, 6.45) is -1.80. The van der Waals surface area contributed by atoms with E-state index in [-0.39, 0.29) is 19.8 Å². The van der Waals surface area contributed by atoms with Gasteiger partial charge in [-0.05, 0) is 5.56 Å². The van der Waals surface area contributed by atoms with Crippen LogP contribution in [0.1, 0.15) is 5.56 Å². The highest BCUT2D eigenvalue weighted by Gasteiger charge is 2.56. The summed E-state index contributed by atoms with van der Waals surface area (Å²) < 4.78 is 16.2. The SMILES string of the molecule is O[C@H]1CO[C@H]2[C@@H]1OC[C@@]2(O)OCc1ccccc1. The molecule has 0 radical (unpaired) electrons. The average molecular weight is 252 g/mol. The van der Waals surface area contributed by atoms with Crippen molar-refractivity contribution in [3.05, 3.63) is 35.9 Å². The predicted octanol–water partition coefficient (Wildman–Crippen LogP) is 0.0503. The number of rotatable bonds is 3. The maximum Gasteiger partial charge on any atom is 0.219 e. The van der Waals surface area contributed by atoms with E-state index < -0.39 is 24.1 Å². The van der Waals surface area contributed by atoms with Gasteiger partial charge in [0.25, 0.3) is 0 Å². The number of fused-ring (bicyclic) bond motifs is 1. The third kappa shape index (κ3) is 2.04. The van der Waals surface area contributed by atoms with Gasteiger partial charge in [-0.15, -0.1) is 0 Å². The van der Waals surface area contributed by atoms with E-state index >= 15 is 0 Å². The maximum absolute atomic E-state index is 10.4. The Morgan fingerprint density at radius 1 is 1.28 bits per heavy atom. The zero-order valence-corrected chi connectivity index (χ0v) is 9.86. The highest BCUT2D eigenvalue weighted by molar-refractivity contribution is 5.13. The Kier molecular flexibility index (Phi) is 3.09. The van der Waals surface area contributed by atoms with Crippen LogP contribution in [0.4, 0.5) is 0 Å². The molecule has 2 N–H and O–H groups in total. The standard InChI is InChI=1S/C13H16O5/c14-10-7-16-12-11(10)17-8-13(12,15)18-6-9-4-2-1-3-5-9/h1-5,10-12,14-15H,6-8H2/t10-,11+,12-,13+/m0/s1. The summed E-state index contributed by atoms with van der Waals surface area (Å²) in [5.74, 6) is -1.47. The first kappa shape index (κ1) is 12.1. The first-order valence-electron chi connectivity index (χ1n) is 6.00. The number of aliphatic hydroxyl groups excluding tert-OH is 1. The van der Waals surface area contributed by atoms with Crippen molar-refractivity contribution in [1.29, 1.82) is 0 Å². The molecule has 0 unspecified atom stereocenters. The Morgan fingerprint density at radius 2 is 2.06 bits per heavy atom. The van der Waals surface area contributed by atoms with Crippen molar-refractivity contribution < 1.29 is 24.4 Å². The molecular formula is C13H16O5. The van der Waals surface area contributed by atoms with Gasteiger partial charge in [-0.2, -0.15) is 0 Å². The smallest absolute Gasteiger partial charge is 0.219 e. The van der Waals surface area contributed by atoms with Crippen molar-refractivity contribution in [1.82, 2.24) is 0 Å². The fourth-order valence-electron chi connectivity index (χ4n) is 2.38. The number of hydrogen-bond acceptors (Lipinski definition) is 5. The molecule has 2 heterocycles. The Morgan fingerprint density at radius 3 is 2.83 bits per heavy atom. The molecule has 0 amide bonds. The number of ether oxygens (including phenoxy) is 3. The Labute approximate surface area is 105 Å². The molecule has 2 fully saturated rings. The molecule has 0 saturated carbocycles. The maximum atomic E-state index is 10.4. The van der Waals surface area contributed by atoms with Gasteiger partial charge in [0, 0.05) is 0 Å². The minimum absolute atomic E-state index is 0.0201. The molecule has 18 heavy (non-hydrogen) atoms. The summed E-state index contributed by atoms with van der Waals surface area (Å²) in [6.45, 7) is 0.474. The van der Waals surface area contributed by atoms with E-state index in [1.165, 1.54) is 0 Å². The summed E-state index contributed by atoms with van der Waals surface area (Å²) in [5, 5.41) is 20.0. The van der Waals surface area contributed by atoms with Crippen LogP contribution >= 0.6 is 0 Å². The van der Waals surface area contributed by atoms with Crippen LogP contribution < -0.4 is 0 Å². The Balaban J connectivity index is 1.66. The summed E-state index contributed by atoms with van der Waals surface area (Å²) in [6, 6.07) is 9.57. The van der Waals surface area contributed by atoms with E-state index in [0.29, 0.717) is 0 Å². The van der Waals surface area contributed by atoms with Crippen molar-refractivity contribution in [2.24, 2.45) is 0 Å². The topological polar surface area (TPSA) is 68.2 Å². The van der Waals surface area contributed by atoms with Gasteiger partial charge >= 0.3 is 0 Å². The lowest BCUT2D eigenvalue weighted by atomic mass is 10.1. The fraction of sp³-hybridized carbons (Fsp3) is 0.538. The Hall–Kier alpha value is -0.980. The molecule has 5 nitrogen and oxygen atoms in total. The van der Waals surface area contributed by atoms with Gasteiger partial charge in [0.1, 0.15) is 24.9 Å². The zero-order chi connectivity index (χ0) is 12.6. The molecule has 0 spiro atoms. The van der Waals surface area contributed by atoms with Crippen LogP contribution in [0.3, 0.4) is 0 Å². The third-order valence-corrected chi connectivity index (χ3v) is 3.38. The first-order chi connectivity index (χ1) is 8.69. The van der Waals surface area contributed by atoms with Crippen molar-refractivity contribution in [3.63, 3.8) is 0 Å². The van der Waals surface area contributed by atoms with E-state index in [4.69, 9.17) is 14.2 Å². The lowest BCUT2D eigenvalue weighted by Crippen LogP contribution is -2.46. The van der Waals surface area contributed by atoms with Crippen molar-refractivity contribution in [2.75, 3.05) is 13.2 Å². The zero-order valence-electron chi connectivity index (χ0n) is 9.86. The van der Waals surface area contributed by atoms with Crippen LogP contribution in [0.5, 0.6) is 0 Å². The van der Waals surface area contributed by atoms with E-state index in [2.05, 4.69) is 0 Å². The second-order valence-corrected chi connectivity index (χ2v) is 4.72. The first-order valence-corrected chi connectivity index (χ1v) is 6.00. The number of benzene rings is 1. The summed E-state index contributed by atoms with van der Waals surface area (Å²) >= 11 is 0. The lowest BCUT2D eigenvalue weighted by molar-refractivity contribution is -0.250. The summed E-state index contributed by atoms with van der Waals surface area (Å²) in [5.41, 5.74) is 0.966. The predicted molar refractivity (Wildman–Crippen MR) is 61.7 cm³/mol. The molecule has 2 aliphatic rings. The van der Waals surface area contributed by atoms with Gasteiger partial charge in [0.15, 0.2) is 0 Å². The fourth-order valence-corrected chi connectivity index (χ4v) is 2.38. The molecule has 1 aromatic rings. The number of hydrogen-bond donors (Lipinski definition) is 2. The molecule has 4 atom stereocenters. The highest BCUT2D eigenvalue weighted by atomic mass is 16.7. The van der Waals surface area contributed by atoms with Gasteiger partial charge in [-0.3, -0.25) is 0 Å². The van der Waals surface area contributed by atoms with E-state index in [1.54, 1.807) is 0 Å². The van der Waals surface area contributed by atoms with Gasteiger partial charge in [-0.1, -0.05) is 30.3 Å². The molecular weight excluding hydrogens is 236 g/mol. The molecule has 0 bridgehead atoms. The van der Waals surface area contributed by atoms with Crippen LogP contribution in [0.2, 0.25) is 0 Å².